The first kappa shape index (κ1) is 12.4. The van der Waals surface area contributed by atoms with E-state index in [9.17, 15) is 14.9 Å². The number of carboxylic acids is 1. The average molecular weight is 262 g/mol. The van der Waals surface area contributed by atoms with Crippen LogP contribution in [0.4, 0.5) is 0 Å². The second-order valence-electron chi connectivity index (χ2n) is 5.10. The fraction of sp³-hybridized carbons (Fsp3) is 0.462. The summed E-state index contributed by atoms with van der Waals surface area (Å²) in [5.74, 6) is 0.0349. The van der Waals surface area contributed by atoms with Gasteiger partial charge in [-0.1, -0.05) is 6.07 Å². The van der Waals surface area contributed by atoms with Gasteiger partial charge in [0, 0.05) is 0 Å². The molecule has 0 aromatic heterocycles. The Kier molecular flexibility index (Phi) is 3.10. The molecule has 0 amide bonds. The van der Waals surface area contributed by atoms with Gasteiger partial charge in [0.05, 0.1) is 6.61 Å². The van der Waals surface area contributed by atoms with E-state index in [2.05, 4.69) is 0 Å². The molecule has 100 valence electrons. The van der Waals surface area contributed by atoms with Gasteiger partial charge >= 0.3 is 13.1 Å². The van der Waals surface area contributed by atoms with Crippen molar-refractivity contribution in [2.45, 2.75) is 25.6 Å². The number of fused-ring (bicyclic) bond motifs is 1. The first-order chi connectivity index (χ1) is 9.15. The van der Waals surface area contributed by atoms with E-state index in [1.54, 1.807) is 6.07 Å². The summed E-state index contributed by atoms with van der Waals surface area (Å²) in [5, 5.41) is 18.9. The maximum absolute atomic E-state index is 11.4. The van der Waals surface area contributed by atoms with E-state index in [0.29, 0.717) is 31.0 Å². The molecule has 1 aliphatic carbocycles. The monoisotopic (exact) mass is 262 g/mol. The molecular weight excluding hydrogens is 247 g/mol. The fourth-order valence-electron chi connectivity index (χ4n) is 2.23. The minimum atomic E-state index is -1.09. The van der Waals surface area contributed by atoms with Crippen molar-refractivity contribution in [1.29, 1.82) is 0 Å². The smallest absolute Gasteiger partial charge is 0.522 e. The molecule has 1 saturated carbocycles. The Balaban J connectivity index is 1.94. The van der Waals surface area contributed by atoms with Gasteiger partial charge in [-0.15, -0.1) is 0 Å². The highest BCUT2D eigenvalue weighted by atomic mass is 16.5. The highest BCUT2D eigenvalue weighted by molar-refractivity contribution is 6.44. The zero-order valence-corrected chi connectivity index (χ0v) is 10.5. The van der Waals surface area contributed by atoms with Crippen LogP contribution < -0.4 is 9.39 Å². The predicted molar refractivity (Wildman–Crippen MR) is 68.7 cm³/mol. The number of aromatic carboxylic acids is 1. The van der Waals surface area contributed by atoms with E-state index in [1.807, 2.05) is 6.07 Å². The quantitative estimate of drug-likeness (QED) is 0.806. The lowest BCUT2D eigenvalue weighted by Crippen LogP contribution is -2.28. The Morgan fingerprint density at radius 3 is 2.95 bits per heavy atom. The number of rotatable bonds is 4. The lowest BCUT2D eigenvalue weighted by atomic mass is 9.78. The zero-order valence-electron chi connectivity index (χ0n) is 10.5. The van der Waals surface area contributed by atoms with Gasteiger partial charge in [0.2, 0.25) is 0 Å². The molecule has 0 saturated heterocycles. The first-order valence-corrected chi connectivity index (χ1v) is 6.52. The van der Waals surface area contributed by atoms with Crippen LogP contribution in [0, 0.1) is 5.92 Å². The molecule has 2 aliphatic rings. The zero-order chi connectivity index (χ0) is 13.4. The van der Waals surface area contributed by atoms with Gasteiger partial charge in [0.15, 0.2) is 0 Å². The summed E-state index contributed by atoms with van der Waals surface area (Å²) in [6.45, 7) is 0.543. The third-order valence-corrected chi connectivity index (χ3v) is 3.50. The maximum atomic E-state index is 11.4. The molecule has 0 atom stereocenters. The molecule has 0 spiro atoms. The summed E-state index contributed by atoms with van der Waals surface area (Å²) < 4.78 is 10.9. The highest BCUT2D eigenvalue weighted by Gasteiger charge is 2.30. The number of hydrogen-bond acceptors (Lipinski definition) is 4. The van der Waals surface area contributed by atoms with Crippen molar-refractivity contribution in [3.63, 3.8) is 0 Å². The molecule has 2 N–H and O–H groups in total. The topological polar surface area (TPSA) is 76.0 Å². The van der Waals surface area contributed by atoms with Crippen molar-refractivity contribution >= 4 is 13.1 Å². The SMILES string of the molecule is O=C(O)c1c(OCC2CC2)ccc2c1OB(O)CC2. The van der Waals surface area contributed by atoms with Crippen molar-refractivity contribution in [1.82, 2.24) is 0 Å². The van der Waals surface area contributed by atoms with Gasteiger partial charge in [0.25, 0.3) is 0 Å². The molecule has 1 aromatic carbocycles. The minimum absolute atomic E-state index is 0.0249. The van der Waals surface area contributed by atoms with Crippen LogP contribution in [0.2, 0.25) is 6.32 Å². The molecule has 5 nitrogen and oxygen atoms in total. The van der Waals surface area contributed by atoms with E-state index in [4.69, 9.17) is 9.39 Å². The van der Waals surface area contributed by atoms with Crippen LogP contribution in [-0.2, 0) is 6.42 Å². The molecule has 0 unspecified atom stereocenters. The van der Waals surface area contributed by atoms with E-state index in [-0.39, 0.29) is 11.3 Å². The Morgan fingerprint density at radius 1 is 1.47 bits per heavy atom. The number of carbonyl (C=O) groups is 1. The second-order valence-corrected chi connectivity index (χ2v) is 5.10. The molecule has 3 rings (SSSR count). The highest BCUT2D eigenvalue weighted by Crippen LogP contribution is 2.37. The minimum Gasteiger partial charge on any atom is -0.535 e. The molecule has 1 fully saturated rings. The van der Waals surface area contributed by atoms with Gasteiger partial charge in [-0.2, -0.15) is 0 Å². The first-order valence-electron chi connectivity index (χ1n) is 6.52. The lowest BCUT2D eigenvalue weighted by Gasteiger charge is -2.23. The summed E-state index contributed by atoms with van der Waals surface area (Å²) in [6.07, 6.45) is 3.37. The van der Waals surface area contributed by atoms with E-state index < -0.39 is 13.1 Å². The molecule has 1 heterocycles. The van der Waals surface area contributed by atoms with Crippen molar-refractivity contribution in [3.8, 4) is 11.5 Å². The summed E-state index contributed by atoms with van der Waals surface area (Å²) in [6, 6.07) is 3.50. The molecule has 1 aromatic rings. The molecular formula is C13H15BO5. The van der Waals surface area contributed by atoms with Crippen LogP contribution in [0.3, 0.4) is 0 Å². The van der Waals surface area contributed by atoms with Crippen molar-refractivity contribution in [2.75, 3.05) is 6.61 Å². The normalized spacial score (nSPS) is 17.6. The summed E-state index contributed by atoms with van der Waals surface area (Å²) in [4.78, 5) is 11.4. The number of benzene rings is 1. The van der Waals surface area contributed by atoms with Crippen LogP contribution >= 0.6 is 0 Å². The molecule has 19 heavy (non-hydrogen) atoms. The average Bonchev–Trinajstić information content (AvgIpc) is 3.18. The Morgan fingerprint density at radius 2 is 2.26 bits per heavy atom. The van der Waals surface area contributed by atoms with Crippen molar-refractivity contribution in [2.24, 2.45) is 5.92 Å². The largest absolute Gasteiger partial charge is 0.535 e. The third kappa shape index (κ3) is 2.54. The molecule has 0 bridgehead atoms. The van der Waals surface area contributed by atoms with Crippen molar-refractivity contribution in [3.05, 3.63) is 23.3 Å². The number of carboxylic acid groups (broad SMARTS) is 1. The van der Waals surface area contributed by atoms with E-state index >= 15 is 0 Å². The van der Waals surface area contributed by atoms with Gasteiger partial charge in [0.1, 0.15) is 17.1 Å². The van der Waals surface area contributed by atoms with Gasteiger partial charge in [-0.25, -0.2) is 4.79 Å². The Labute approximate surface area is 111 Å². The molecule has 0 radical (unpaired) electrons. The molecule has 6 heteroatoms. The summed E-state index contributed by atoms with van der Waals surface area (Å²) >= 11 is 0. The van der Waals surface area contributed by atoms with E-state index in [1.165, 1.54) is 0 Å². The predicted octanol–water partition coefficient (Wildman–Crippen LogP) is 1.59. The Hall–Kier alpha value is -1.69. The number of ether oxygens (including phenoxy) is 1. The van der Waals surface area contributed by atoms with E-state index in [0.717, 1.165) is 18.4 Å². The van der Waals surface area contributed by atoms with Gasteiger partial charge < -0.3 is 19.5 Å². The molecule has 1 aliphatic heterocycles. The maximum Gasteiger partial charge on any atom is 0.522 e. The second kappa shape index (κ2) is 4.77. The fourth-order valence-corrected chi connectivity index (χ4v) is 2.23. The Bertz CT molecular complexity index is 512. The standard InChI is InChI=1S/C13H15BO5/c15-13(16)11-10(18-7-8-1-2-8)4-3-9-5-6-14(17)19-12(9)11/h3-4,8,17H,1-2,5-7H2,(H,15,16). The summed E-state index contributed by atoms with van der Waals surface area (Å²) in [5.41, 5.74) is 0.832. The van der Waals surface area contributed by atoms with Gasteiger partial charge in [-0.05, 0) is 43.1 Å². The van der Waals surface area contributed by atoms with Crippen LogP contribution in [-0.4, -0.2) is 29.8 Å². The van der Waals surface area contributed by atoms with Crippen LogP contribution in [0.1, 0.15) is 28.8 Å². The van der Waals surface area contributed by atoms with Crippen LogP contribution in [0.15, 0.2) is 12.1 Å². The number of hydrogen-bond donors (Lipinski definition) is 2. The summed E-state index contributed by atoms with van der Waals surface area (Å²) in [7, 11) is -0.940. The van der Waals surface area contributed by atoms with Crippen LogP contribution in [0.25, 0.3) is 0 Å². The van der Waals surface area contributed by atoms with Crippen LogP contribution in [0.5, 0.6) is 11.5 Å². The van der Waals surface area contributed by atoms with Gasteiger partial charge in [-0.3, -0.25) is 0 Å². The van der Waals surface area contributed by atoms with Crippen molar-refractivity contribution < 1.29 is 24.3 Å². The lowest BCUT2D eigenvalue weighted by molar-refractivity contribution is 0.0689. The third-order valence-electron chi connectivity index (χ3n) is 3.50. The number of aryl methyl sites for hydroxylation is 1.